The van der Waals surface area contributed by atoms with E-state index in [4.69, 9.17) is 0 Å². The van der Waals surface area contributed by atoms with Crippen molar-refractivity contribution in [1.82, 2.24) is 0 Å². The second kappa shape index (κ2) is 14.4. The molecule has 0 aliphatic carbocycles. The monoisotopic (exact) mass is 738 g/mol. The zero-order valence-corrected chi connectivity index (χ0v) is 36.1. The van der Waals surface area contributed by atoms with E-state index in [1.54, 1.807) is 31.1 Å². The summed E-state index contributed by atoms with van der Waals surface area (Å²) < 4.78 is 0. The Balaban J connectivity index is 1.93. The van der Waals surface area contributed by atoms with Gasteiger partial charge in [-0.3, -0.25) is 0 Å². The molecule has 3 heteroatoms. The van der Waals surface area contributed by atoms with Gasteiger partial charge in [-0.05, 0) is 0 Å². The van der Waals surface area contributed by atoms with Crippen LogP contribution in [-0.4, -0.2) is 13.3 Å². The Bertz CT molecular complexity index is 1870. The van der Waals surface area contributed by atoms with Crippen molar-refractivity contribution in [3.63, 3.8) is 0 Å². The van der Waals surface area contributed by atoms with Gasteiger partial charge in [-0.15, -0.1) is 0 Å². The van der Waals surface area contributed by atoms with Crippen LogP contribution in [0.5, 0.6) is 0 Å². The van der Waals surface area contributed by atoms with Crippen LogP contribution in [0.25, 0.3) is 0 Å². The van der Waals surface area contributed by atoms with E-state index in [0.717, 1.165) is 0 Å². The summed E-state index contributed by atoms with van der Waals surface area (Å²) in [5.74, 6) is 0. The summed E-state index contributed by atoms with van der Waals surface area (Å²) in [6, 6.07) is 44.3. The van der Waals surface area contributed by atoms with E-state index < -0.39 is 13.3 Å². The minimum absolute atomic E-state index is 0.111. The van der Waals surface area contributed by atoms with Crippen LogP contribution in [0, 0.1) is 83.1 Å². The Kier molecular flexibility index (Phi) is 10.4. The van der Waals surface area contributed by atoms with Crippen LogP contribution in [0.1, 0.15) is 66.8 Å². The molecule has 51 heavy (non-hydrogen) atoms. The van der Waals surface area contributed by atoms with Gasteiger partial charge in [-0.1, -0.05) is 0 Å². The molecular weight excluding hydrogens is 685 g/mol. The number of aryl methyl sites for hydroxylation is 12. The van der Waals surface area contributed by atoms with Gasteiger partial charge >= 0.3 is 317 Å². The fourth-order valence-electron chi connectivity index (χ4n) is 8.68. The predicted molar refractivity (Wildman–Crippen MR) is 225 cm³/mol. The standard InChI is InChI=1S/2C24H27Si.Cr/c2*1-16-7-10-22(19(4)13-16)25(23-11-8-17(2)14-20(23)5)24-12-9-18(3)15-21(24)6;/h2*7-15H,1-6H3;. The fourth-order valence-corrected chi connectivity index (χ4v) is 42.7. The van der Waals surface area contributed by atoms with Crippen LogP contribution in [0.4, 0.5) is 0 Å². The van der Waals surface area contributed by atoms with Gasteiger partial charge in [-0.25, -0.2) is 0 Å². The van der Waals surface area contributed by atoms with Crippen molar-refractivity contribution in [3.05, 3.63) is 176 Å². The molecule has 0 aliphatic heterocycles. The van der Waals surface area contributed by atoms with Gasteiger partial charge in [0.05, 0.1) is 0 Å². The first kappa shape index (κ1) is 37.1. The zero-order chi connectivity index (χ0) is 36.8. The van der Waals surface area contributed by atoms with Crippen LogP contribution in [0.15, 0.2) is 109 Å². The van der Waals surface area contributed by atoms with Gasteiger partial charge in [-0.2, -0.15) is 0 Å². The molecule has 0 saturated heterocycles. The quantitative estimate of drug-likeness (QED) is 0.109. The van der Waals surface area contributed by atoms with Crippen molar-refractivity contribution >= 4 is 44.4 Å². The Morgan fingerprint density at radius 2 is 0.412 bits per heavy atom. The van der Waals surface area contributed by atoms with Crippen LogP contribution in [0.2, 0.25) is 0 Å². The molecule has 0 heterocycles. The average Bonchev–Trinajstić information content (AvgIpc) is 3.03. The summed E-state index contributed by atoms with van der Waals surface area (Å²) in [5, 5.41) is 9.43. The van der Waals surface area contributed by atoms with Crippen molar-refractivity contribution < 1.29 is 13.9 Å². The Morgan fingerprint density at radius 1 is 0.255 bits per heavy atom. The topological polar surface area (TPSA) is 0 Å². The van der Waals surface area contributed by atoms with Gasteiger partial charge < -0.3 is 0 Å². The van der Waals surface area contributed by atoms with E-state index in [1.807, 2.05) is 0 Å². The molecule has 0 aromatic heterocycles. The van der Waals surface area contributed by atoms with E-state index in [0.29, 0.717) is 0 Å². The summed E-state index contributed by atoms with van der Waals surface area (Å²) in [6.07, 6.45) is 0. The third-order valence-corrected chi connectivity index (χ3v) is 36.0. The molecule has 0 amide bonds. The number of hydrogen-bond donors (Lipinski definition) is 0. The van der Waals surface area contributed by atoms with E-state index >= 15 is 0 Å². The molecule has 0 saturated carbocycles. The van der Waals surface area contributed by atoms with Crippen LogP contribution in [-0.2, 0) is 13.9 Å². The number of hydrogen-bond acceptors (Lipinski definition) is 0. The first-order valence-electron chi connectivity index (χ1n) is 18.3. The molecule has 0 nitrogen and oxygen atoms in total. The predicted octanol–water partition coefficient (Wildman–Crippen LogP) is 8.10. The van der Waals surface area contributed by atoms with Crippen molar-refractivity contribution in [2.24, 2.45) is 0 Å². The molecule has 6 aromatic rings. The van der Waals surface area contributed by atoms with Crippen LogP contribution >= 0.6 is 0 Å². The molecule has 0 radical (unpaired) electrons. The van der Waals surface area contributed by atoms with Crippen LogP contribution < -0.4 is 31.1 Å². The molecule has 0 fully saturated rings. The molecule has 260 valence electrons. The molecular formula is C48H54CrSi2. The van der Waals surface area contributed by atoms with Crippen molar-refractivity contribution in [2.45, 2.75) is 83.1 Å². The maximum atomic E-state index is 2.54. The molecule has 0 aliphatic rings. The summed E-state index contributed by atoms with van der Waals surface area (Å²) >= 11 is 0.111. The maximum absolute atomic E-state index is 2.80. The molecule has 0 atom stereocenters. The van der Waals surface area contributed by atoms with Gasteiger partial charge in [0, 0.05) is 0 Å². The van der Waals surface area contributed by atoms with Crippen molar-refractivity contribution in [3.8, 4) is 0 Å². The van der Waals surface area contributed by atoms with Crippen molar-refractivity contribution in [2.75, 3.05) is 0 Å². The van der Waals surface area contributed by atoms with E-state index in [9.17, 15) is 0 Å². The second-order valence-corrected chi connectivity index (χ2v) is 30.8. The SMILES string of the molecule is Cc1ccc([Si]([Cr][Si](c2ccc(C)cc2C)(c2ccc(C)cc2C)c2ccc(C)cc2C)(c2ccc(C)cc2C)c2ccc(C)cc2C)c(C)c1. The molecule has 0 unspecified atom stereocenters. The average molecular weight is 739 g/mol. The summed E-state index contributed by atoms with van der Waals surface area (Å²) in [7, 11) is 0. The van der Waals surface area contributed by atoms with E-state index in [-0.39, 0.29) is 13.9 Å². The van der Waals surface area contributed by atoms with Gasteiger partial charge in [0.15, 0.2) is 0 Å². The first-order chi connectivity index (χ1) is 24.2. The third-order valence-electron chi connectivity index (χ3n) is 10.9. The van der Waals surface area contributed by atoms with Crippen molar-refractivity contribution in [1.29, 1.82) is 0 Å². The summed E-state index contributed by atoms with van der Waals surface area (Å²) in [6.45, 7) is 22.3. The number of benzene rings is 6. The third kappa shape index (κ3) is 6.71. The molecule has 6 rings (SSSR count). The second-order valence-electron chi connectivity index (χ2n) is 15.4. The van der Waals surface area contributed by atoms with Crippen LogP contribution in [0.3, 0.4) is 0 Å². The summed E-state index contributed by atoms with van der Waals surface area (Å²) in [4.78, 5) is 0. The van der Waals surface area contributed by atoms with E-state index in [2.05, 4.69) is 192 Å². The van der Waals surface area contributed by atoms with E-state index in [1.165, 1.54) is 66.8 Å². The minimum atomic E-state index is -2.80. The molecule has 6 aromatic carbocycles. The number of rotatable bonds is 8. The zero-order valence-electron chi connectivity index (χ0n) is 32.8. The Morgan fingerprint density at radius 3 is 0.549 bits per heavy atom. The van der Waals surface area contributed by atoms with Gasteiger partial charge in [0.25, 0.3) is 0 Å². The Labute approximate surface area is 315 Å². The molecule has 0 N–H and O–H groups in total. The van der Waals surface area contributed by atoms with Gasteiger partial charge in [0.1, 0.15) is 0 Å². The fraction of sp³-hybridized carbons (Fsp3) is 0.250. The Hall–Kier alpha value is -3.71. The molecule has 0 spiro atoms. The first-order valence-corrected chi connectivity index (χ1v) is 26.0. The molecule has 0 bridgehead atoms. The normalized spacial score (nSPS) is 12.0. The summed E-state index contributed by atoms with van der Waals surface area (Å²) in [5.41, 5.74) is 16.5. The van der Waals surface area contributed by atoms with Gasteiger partial charge in [0.2, 0.25) is 0 Å².